The summed E-state index contributed by atoms with van der Waals surface area (Å²) < 4.78 is 5.66. The van der Waals surface area contributed by atoms with Gasteiger partial charge in [-0.1, -0.05) is 0 Å². The SMILES string of the molecule is Cc1ccc(-c2nc(C)c(C(=O)N3CCN(c4ncnc5sccc45)CC3)s2)o1. The van der Waals surface area contributed by atoms with Crippen LogP contribution in [0.1, 0.15) is 21.1 Å². The monoisotopic (exact) mass is 425 g/mol. The number of fused-ring (bicyclic) bond motifs is 1. The third-order valence-corrected chi connectivity index (χ3v) is 7.03. The van der Waals surface area contributed by atoms with E-state index in [-0.39, 0.29) is 5.91 Å². The zero-order valence-electron chi connectivity index (χ0n) is 16.1. The molecule has 1 saturated heterocycles. The second-order valence-corrected chi connectivity index (χ2v) is 8.85. The third-order valence-electron chi connectivity index (χ3n) is 5.05. The molecule has 1 amide bonds. The van der Waals surface area contributed by atoms with Crippen molar-refractivity contribution in [1.82, 2.24) is 19.9 Å². The fourth-order valence-corrected chi connectivity index (χ4v) is 5.27. The zero-order chi connectivity index (χ0) is 20.0. The standard InChI is InChI=1S/C20H19N5O2S2/c1-12-3-4-15(27-12)19-23-13(2)16(29-19)20(26)25-8-6-24(7-9-25)17-14-5-10-28-18(14)22-11-21-17/h3-5,10-11H,6-9H2,1-2H3. The van der Waals surface area contributed by atoms with Crippen molar-refractivity contribution in [1.29, 1.82) is 0 Å². The normalized spacial score (nSPS) is 14.7. The zero-order valence-corrected chi connectivity index (χ0v) is 17.7. The number of hydrogen-bond donors (Lipinski definition) is 0. The Balaban J connectivity index is 1.32. The van der Waals surface area contributed by atoms with Crippen molar-refractivity contribution in [2.24, 2.45) is 0 Å². The first-order chi connectivity index (χ1) is 14.1. The van der Waals surface area contributed by atoms with Crippen molar-refractivity contribution in [3.8, 4) is 10.8 Å². The van der Waals surface area contributed by atoms with Gasteiger partial charge in [-0.2, -0.15) is 0 Å². The lowest BCUT2D eigenvalue weighted by atomic mass is 10.2. The van der Waals surface area contributed by atoms with E-state index in [0.717, 1.165) is 45.6 Å². The van der Waals surface area contributed by atoms with Crippen molar-refractivity contribution in [2.45, 2.75) is 13.8 Å². The fourth-order valence-electron chi connectivity index (χ4n) is 3.54. The highest BCUT2D eigenvalue weighted by Crippen LogP contribution is 2.31. The Bertz CT molecular complexity index is 1190. The van der Waals surface area contributed by atoms with Gasteiger partial charge < -0.3 is 14.2 Å². The molecule has 7 nitrogen and oxygen atoms in total. The fraction of sp³-hybridized carbons (Fsp3) is 0.300. The average molecular weight is 426 g/mol. The summed E-state index contributed by atoms with van der Waals surface area (Å²) in [4.78, 5) is 32.3. The minimum atomic E-state index is 0.0394. The Morgan fingerprint density at radius 3 is 2.69 bits per heavy atom. The van der Waals surface area contributed by atoms with Crippen LogP contribution in [0.15, 0.2) is 34.3 Å². The van der Waals surface area contributed by atoms with Crippen molar-refractivity contribution in [3.05, 3.63) is 46.2 Å². The highest BCUT2D eigenvalue weighted by molar-refractivity contribution is 7.17. The third kappa shape index (κ3) is 3.30. The average Bonchev–Trinajstić information content (AvgIpc) is 3.46. The van der Waals surface area contributed by atoms with E-state index in [0.29, 0.717) is 23.7 Å². The van der Waals surface area contributed by atoms with Gasteiger partial charge in [0.15, 0.2) is 10.8 Å². The number of piperazine rings is 1. The smallest absolute Gasteiger partial charge is 0.265 e. The number of amides is 1. The maximum Gasteiger partial charge on any atom is 0.265 e. The maximum atomic E-state index is 13.1. The number of thiophene rings is 1. The van der Waals surface area contributed by atoms with Gasteiger partial charge in [0.1, 0.15) is 27.6 Å². The van der Waals surface area contributed by atoms with Gasteiger partial charge in [0, 0.05) is 26.2 Å². The molecule has 9 heteroatoms. The molecular formula is C20H19N5O2S2. The number of anilines is 1. The van der Waals surface area contributed by atoms with Crippen LogP contribution in [0.5, 0.6) is 0 Å². The number of aromatic nitrogens is 3. The van der Waals surface area contributed by atoms with Crippen LogP contribution in [0.3, 0.4) is 0 Å². The minimum Gasteiger partial charge on any atom is -0.459 e. The molecule has 0 atom stereocenters. The molecule has 29 heavy (non-hydrogen) atoms. The van der Waals surface area contributed by atoms with Gasteiger partial charge in [-0.05, 0) is 37.4 Å². The number of carbonyl (C=O) groups is 1. The molecule has 0 aromatic carbocycles. The minimum absolute atomic E-state index is 0.0394. The van der Waals surface area contributed by atoms with Gasteiger partial charge >= 0.3 is 0 Å². The topological polar surface area (TPSA) is 75.4 Å². The van der Waals surface area contributed by atoms with Crippen LogP contribution < -0.4 is 4.90 Å². The summed E-state index contributed by atoms with van der Waals surface area (Å²) in [6.07, 6.45) is 1.62. The molecule has 0 saturated carbocycles. The molecule has 0 bridgehead atoms. The molecule has 0 radical (unpaired) electrons. The van der Waals surface area contributed by atoms with E-state index in [1.54, 1.807) is 17.7 Å². The lowest BCUT2D eigenvalue weighted by Gasteiger charge is -2.35. The van der Waals surface area contributed by atoms with Gasteiger partial charge in [-0.25, -0.2) is 15.0 Å². The predicted molar refractivity (Wildman–Crippen MR) is 115 cm³/mol. The number of aryl methyl sites for hydroxylation is 2. The Hall–Kier alpha value is -2.78. The highest BCUT2D eigenvalue weighted by atomic mass is 32.1. The van der Waals surface area contributed by atoms with E-state index in [4.69, 9.17) is 4.42 Å². The first kappa shape index (κ1) is 18.3. The molecule has 1 fully saturated rings. The summed E-state index contributed by atoms with van der Waals surface area (Å²) in [6.45, 7) is 6.58. The first-order valence-corrected chi connectivity index (χ1v) is 11.1. The van der Waals surface area contributed by atoms with E-state index in [9.17, 15) is 4.79 Å². The summed E-state index contributed by atoms with van der Waals surface area (Å²) in [5.74, 6) is 2.54. The van der Waals surface area contributed by atoms with Crippen LogP contribution in [0.25, 0.3) is 21.0 Å². The van der Waals surface area contributed by atoms with Crippen LogP contribution >= 0.6 is 22.7 Å². The number of furan rings is 1. The molecule has 0 N–H and O–H groups in total. The van der Waals surface area contributed by atoms with Gasteiger partial charge in [0.05, 0.1) is 11.1 Å². The Morgan fingerprint density at radius 1 is 1.10 bits per heavy atom. The van der Waals surface area contributed by atoms with Crippen LogP contribution in [-0.2, 0) is 0 Å². The molecule has 4 aromatic rings. The van der Waals surface area contributed by atoms with Crippen LogP contribution in [0.4, 0.5) is 5.82 Å². The molecule has 0 spiro atoms. The second kappa shape index (κ2) is 7.23. The van der Waals surface area contributed by atoms with E-state index >= 15 is 0 Å². The summed E-state index contributed by atoms with van der Waals surface area (Å²) in [6, 6.07) is 5.86. The van der Waals surface area contributed by atoms with E-state index in [1.807, 2.05) is 36.3 Å². The molecule has 0 aliphatic carbocycles. The number of carbonyl (C=O) groups excluding carboxylic acids is 1. The summed E-state index contributed by atoms with van der Waals surface area (Å²) in [5, 5.41) is 3.86. The van der Waals surface area contributed by atoms with E-state index < -0.39 is 0 Å². The maximum absolute atomic E-state index is 13.1. The lowest BCUT2D eigenvalue weighted by molar-refractivity contribution is 0.0750. The van der Waals surface area contributed by atoms with Gasteiger partial charge in [0.2, 0.25) is 0 Å². The molecule has 148 valence electrons. The molecule has 5 heterocycles. The van der Waals surface area contributed by atoms with Crippen molar-refractivity contribution >= 4 is 44.6 Å². The molecule has 1 aliphatic rings. The van der Waals surface area contributed by atoms with Crippen molar-refractivity contribution in [2.75, 3.05) is 31.1 Å². The van der Waals surface area contributed by atoms with Gasteiger partial charge in [-0.15, -0.1) is 22.7 Å². The van der Waals surface area contributed by atoms with Gasteiger partial charge in [-0.3, -0.25) is 4.79 Å². The molecule has 0 unspecified atom stereocenters. The Morgan fingerprint density at radius 2 is 1.93 bits per heavy atom. The molecule has 5 rings (SSSR count). The molecular weight excluding hydrogens is 406 g/mol. The Labute approximate surface area is 175 Å². The first-order valence-electron chi connectivity index (χ1n) is 9.37. The van der Waals surface area contributed by atoms with Crippen molar-refractivity contribution < 1.29 is 9.21 Å². The van der Waals surface area contributed by atoms with Crippen LogP contribution in [0.2, 0.25) is 0 Å². The van der Waals surface area contributed by atoms with Crippen LogP contribution in [-0.4, -0.2) is 51.9 Å². The van der Waals surface area contributed by atoms with Crippen LogP contribution in [0, 0.1) is 13.8 Å². The Kier molecular flexibility index (Phi) is 4.56. The number of hydrogen-bond acceptors (Lipinski definition) is 8. The van der Waals surface area contributed by atoms with E-state index in [1.165, 1.54) is 11.3 Å². The molecule has 1 aliphatic heterocycles. The summed E-state index contributed by atoms with van der Waals surface area (Å²) in [5.41, 5.74) is 0.752. The van der Waals surface area contributed by atoms with Gasteiger partial charge in [0.25, 0.3) is 5.91 Å². The predicted octanol–water partition coefficient (Wildman–Crippen LogP) is 3.99. The lowest BCUT2D eigenvalue weighted by Crippen LogP contribution is -2.49. The number of rotatable bonds is 3. The van der Waals surface area contributed by atoms with Crippen molar-refractivity contribution in [3.63, 3.8) is 0 Å². The highest BCUT2D eigenvalue weighted by Gasteiger charge is 2.27. The molecule has 4 aromatic heterocycles. The summed E-state index contributed by atoms with van der Waals surface area (Å²) >= 11 is 3.02. The summed E-state index contributed by atoms with van der Waals surface area (Å²) in [7, 11) is 0. The second-order valence-electron chi connectivity index (χ2n) is 6.96. The number of thiazole rings is 1. The number of nitrogens with zero attached hydrogens (tertiary/aromatic N) is 5. The largest absolute Gasteiger partial charge is 0.459 e. The quantitative estimate of drug-likeness (QED) is 0.494. The van der Waals surface area contributed by atoms with E-state index in [2.05, 4.69) is 25.9 Å².